The molecule has 3 saturated heterocycles. The number of nitrogens with one attached hydrogen (secondary N) is 2. The van der Waals surface area contributed by atoms with Gasteiger partial charge in [-0.3, -0.25) is 39.7 Å². The highest BCUT2D eigenvalue weighted by Crippen LogP contribution is 2.41. The number of halogens is 2. The summed E-state index contributed by atoms with van der Waals surface area (Å²) in [6.45, 7) is 13.1. The van der Waals surface area contributed by atoms with Crippen molar-refractivity contribution in [2.45, 2.75) is 72.4 Å². The number of carbonyl (C=O) groups excluding carboxylic acids is 4. The van der Waals surface area contributed by atoms with Crippen molar-refractivity contribution >= 4 is 46.3 Å². The van der Waals surface area contributed by atoms with E-state index in [2.05, 4.69) is 44.3 Å². The number of amides is 4. The van der Waals surface area contributed by atoms with Gasteiger partial charge in [0.2, 0.25) is 29.5 Å². The standard InChI is InChI=1S/C47H54F2N10O5/c1-27-7-6-16-64-45-33(22-50-55(45)5)38-19-30(17-28(2)51-38)42(61)54-46-52-37-10-8-29(18-39(37)59(46)23-27)24-56-12-14-57(15-13-56)44(63)34-25-58(26-47(34,3)4)31-20-35(48)41(36(49)21-31)32-9-11-40(60)53-43(32)62/h8,10,17-22,27,32,34H,6-7,9,11-16,23-26H2,1-5H3,(H,52,54,61)(H,53,60,62)/t27-,32-,34-/m1/s1. The van der Waals surface area contributed by atoms with Crippen LogP contribution in [0.3, 0.4) is 0 Å². The largest absolute Gasteiger partial charge is 0.477 e. The fraction of sp³-hybridized carbons (Fsp3) is 0.468. The van der Waals surface area contributed by atoms with Crippen molar-refractivity contribution in [2.75, 3.05) is 56.1 Å². The molecule has 4 aliphatic rings. The van der Waals surface area contributed by atoms with Crippen LogP contribution in [-0.2, 0) is 34.5 Å². The molecule has 0 aliphatic carbocycles. The zero-order valence-electron chi connectivity index (χ0n) is 36.9. The van der Waals surface area contributed by atoms with Gasteiger partial charge in [-0.25, -0.2) is 18.4 Å². The number of pyridine rings is 1. The molecule has 0 radical (unpaired) electrons. The quantitative estimate of drug-likeness (QED) is 0.207. The van der Waals surface area contributed by atoms with Gasteiger partial charge in [-0.1, -0.05) is 26.8 Å². The fourth-order valence-electron chi connectivity index (χ4n) is 9.84. The van der Waals surface area contributed by atoms with Gasteiger partial charge in [0, 0.05) is 88.3 Å². The summed E-state index contributed by atoms with van der Waals surface area (Å²) in [6.07, 6.45) is 3.49. The highest BCUT2D eigenvalue weighted by Gasteiger charge is 2.46. The summed E-state index contributed by atoms with van der Waals surface area (Å²) in [5, 5.41) is 9.69. The van der Waals surface area contributed by atoms with Crippen molar-refractivity contribution in [3.63, 3.8) is 0 Å². The van der Waals surface area contributed by atoms with E-state index in [4.69, 9.17) is 14.7 Å². The lowest BCUT2D eigenvalue weighted by Crippen LogP contribution is -2.51. The number of carbonyl (C=O) groups is 4. The molecule has 336 valence electrons. The monoisotopic (exact) mass is 876 g/mol. The first kappa shape index (κ1) is 43.0. The second kappa shape index (κ2) is 17.0. The van der Waals surface area contributed by atoms with Crippen molar-refractivity contribution < 1.29 is 32.7 Å². The molecule has 7 heterocycles. The number of aromatic nitrogens is 5. The molecule has 2 aromatic carbocycles. The van der Waals surface area contributed by atoms with Gasteiger partial charge in [0.1, 0.15) is 11.6 Å². The minimum Gasteiger partial charge on any atom is -0.477 e. The highest BCUT2D eigenvalue weighted by molar-refractivity contribution is 6.05. The van der Waals surface area contributed by atoms with Crippen LogP contribution < -0.4 is 20.3 Å². The third-order valence-corrected chi connectivity index (χ3v) is 13.3. The Bertz CT molecular complexity index is 2650. The lowest BCUT2D eigenvalue weighted by Gasteiger charge is -2.37. The lowest BCUT2D eigenvalue weighted by molar-refractivity contribution is -0.139. The molecule has 17 heteroatoms. The van der Waals surface area contributed by atoms with E-state index < -0.39 is 40.7 Å². The van der Waals surface area contributed by atoms with Crippen molar-refractivity contribution in [2.24, 2.45) is 24.3 Å². The van der Waals surface area contributed by atoms with Crippen molar-refractivity contribution in [1.82, 2.24) is 39.4 Å². The smallest absolute Gasteiger partial charge is 0.258 e. The van der Waals surface area contributed by atoms with Gasteiger partial charge in [0.15, 0.2) is 0 Å². The van der Waals surface area contributed by atoms with E-state index in [1.807, 2.05) is 43.7 Å². The first-order valence-electron chi connectivity index (χ1n) is 22.1. The SMILES string of the molecule is Cc1cc2cc(n1)-c1cnn(C)c1OCCC[C@@H](C)Cn1c(nc3ccc(CN4CCN(C(=O)[C@H]5CN(c6cc(F)c([C@H]7CCC(=O)NC7=O)c(F)c6)CC5(C)C)CC4)cc31)NC2=O. The number of benzene rings is 2. The maximum absolute atomic E-state index is 15.5. The molecule has 5 aromatic rings. The Hall–Kier alpha value is -6.23. The molecule has 2 N–H and O–H groups in total. The second-order valence-electron chi connectivity index (χ2n) is 18.6. The molecule has 3 fully saturated rings. The minimum absolute atomic E-state index is 0.0153. The van der Waals surface area contributed by atoms with E-state index >= 15 is 8.78 Å². The maximum Gasteiger partial charge on any atom is 0.258 e. The van der Waals surface area contributed by atoms with Gasteiger partial charge in [-0.05, 0) is 79.5 Å². The first-order valence-corrected chi connectivity index (χ1v) is 22.1. The summed E-state index contributed by atoms with van der Waals surface area (Å²) < 4.78 is 41.0. The molecule has 0 saturated carbocycles. The highest BCUT2D eigenvalue weighted by atomic mass is 19.1. The van der Waals surface area contributed by atoms with E-state index in [0.29, 0.717) is 93.4 Å². The van der Waals surface area contributed by atoms with E-state index in [1.165, 1.54) is 12.1 Å². The van der Waals surface area contributed by atoms with Gasteiger partial charge >= 0.3 is 0 Å². The summed E-state index contributed by atoms with van der Waals surface area (Å²) in [6, 6.07) is 12.2. The van der Waals surface area contributed by atoms with Gasteiger partial charge in [0.25, 0.3) is 5.91 Å². The molecule has 15 nitrogen and oxygen atoms in total. The molecule has 4 amide bonds. The Morgan fingerprint density at radius 3 is 2.47 bits per heavy atom. The topological polar surface area (TPSA) is 160 Å². The fourth-order valence-corrected chi connectivity index (χ4v) is 9.84. The summed E-state index contributed by atoms with van der Waals surface area (Å²) in [5.41, 5.74) is 4.80. The third kappa shape index (κ3) is 8.44. The molecular formula is C47H54F2N10O5. The minimum atomic E-state index is -1.08. The summed E-state index contributed by atoms with van der Waals surface area (Å²) in [4.78, 5) is 67.8. The van der Waals surface area contributed by atoms with E-state index in [9.17, 15) is 19.2 Å². The van der Waals surface area contributed by atoms with Crippen LogP contribution in [0.1, 0.15) is 79.6 Å². The van der Waals surface area contributed by atoms with Crippen LogP contribution in [-0.4, -0.2) is 104 Å². The van der Waals surface area contributed by atoms with Crippen molar-refractivity contribution in [1.29, 1.82) is 0 Å². The Kier molecular flexibility index (Phi) is 11.5. The summed E-state index contributed by atoms with van der Waals surface area (Å²) in [5.74, 6) is -3.22. The molecule has 3 atom stereocenters. The number of rotatable bonds is 5. The maximum atomic E-state index is 15.5. The number of imide groups is 1. The number of anilines is 2. The summed E-state index contributed by atoms with van der Waals surface area (Å²) >= 11 is 0. The Balaban J connectivity index is 0.870. The number of hydrogen-bond acceptors (Lipinski definition) is 10. The molecule has 4 aliphatic heterocycles. The average molecular weight is 877 g/mol. The number of piperazine rings is 1. The van der Waals surface area contributed by atoms with Crippen LogP contribution in [0, 0.1) is 35.8 Å². The van der Waals surface area contributed by atoms with Gasteiger partial charge in [0.05, 0.1) is 46.9 Å². The lowest BCUT2D eigenvalue weighted by atomic mass is 9.81. The Morgan fingerprint density at radius 1 is 0.953 bits per heavy atom. The van der Waals surface area contributed by atoms with Crippen molar-refractivity contribution in [3.8, 4) is 17.1 Å². The molecule has 0 unspecified atom stereocenters. The van der Waals surface area contributed by atoms with Crippen LogP contribution in [0.25, 0.3) is 22.3 Å². The van der Waals surface area contributed by atoms with Crippen LogP contribution in [0.15, 0.2) is 48.7 Å². The Labute approximate surface area is 370 Å². The van der Waals surface area contributed by atoms with Crippen LogP contribution in [0.5, 0.6) is 5.88 Å². The molecule has 9 rings (SSSR count). The molecule has 64 heavy (non-hydrogen) atoms. The first-order chi connectivity index (χ1) is 30.6. The van der Waals surface area contributed by atoms with Crippen LogP contribution >= 0.6 is 0 Å². The third-order valence-electron chi connectivity index (χ3n) is 13.3. The number of hydrogen-bond donors (Lipinski definition) is 2. The number of imidazole rings is 1. The predicted molar refractivity (Wildman–Crippen MR) is 236 cm³/mol. The normalized spacial score (nSPS) is 22.0. The second-order valence-corrected chi connectivity index (χ2v) is 18.6. The Morgan fingerprint density at radius 2 is 1.72 bits per heavy atom. The number of aryl methyl sites for hydroxylation is 2. The molecular weight excluding hydrogens is 823 g/mol. The number of fused-ring (bicyclic) bond motifs is 7. The zero-order chi connectivity index (χ0) is 45.0. The number of nitrogens with zero attached hydrogens (tertiary/aromatic N) is 8. The number of ether oxygens (including phenoxy) is 1. The summed E-state index contributed by atoms with van der Waals surface area (Å²) in [7, 11) is 1.83. The molecule has 3 aromatic heterocycles. The van der Waals surface area contributed by atoms with E-state index in [1.54, 1.807) is 23.0 Å². The molecule has 0 spiro atoms. The predicted octanol–water partition coefficient (Wildman–Crippen LogP) is 5.81. The average Bonchev–Trinajstić information content (AvgIpc) is 3.90. The van der Waals surface area contributed by atoms with Gasteiger partial charge in [-0.2, -0.15) is 5.10 Å². The van der Waals surface area contributed by atoms with Crippen LogP contribution in [0.2, 0.25) is 0 Å². The van der Waals surface area contributed by atoms with Gasteiger partial charge < -0.3 is 19.1 Å². The van der Waals surface area contributed by atoms with E-state index in [-0.39, 0.29) is 36.1 Å². The molecule has 2 bridgehead atoms. The number of piperidine rings is 1. The van der Waals surface area contributed by atoms with Crippen molar-refractivity contribution in [3.05, 3.63) is 82.7 Å². The van der Waals surface area contributed by atoms with E-state index in [0.717, 1.165) is 35.0 Å². The van der Waals surface area contributed by atoms with Gasteiger partial charge in [-0.15, -0.1) is 0 Å². The van der Waals surface area contributed by atoms with Crippen LogP contribution in [0.4, 0.5) is 20.4 Å². The zero-order valence-corrected chi connectivity index (χ0v) is 36.9.